The highest BCUT2D eigenvalue weighted by molar-refractivity contribution is 6.03. The number of rotatable bonds is 5. The van der Waals surface area contributed by atoms with Gasteiger partial charge in [0, 0.05) is 18.4 Å². The van der Waals surface area contributed by atoms with Crippen LogP contribution in [0.1, 0.15) is 78.0 Å². The summed E-state index contributed by atoms with van der Waals surface area (Å²) in [5.74, 6) is 1.61. The largest absolute Gasteiger partial charge is 0.497 e. The molecule has 0 radical (unpaired) electrons. The highest BCUT2D eigenvalue weighted by Crippen LogP contribution is 2.38. The average molecular weight is 383 g/mol. The van der Waals surface area contributed by atoms with Crippen molar-refractivity contribution < 1.29 is 18.7 Å². The summed E-state index contributed by atoms with van der Waals surface area (Å²) >= 11 is 0. The normalized spacial score (nSPS) is 16.6. The Morgan fingerprint density at radius 1 is 1.18 bits per heavy atom. The number of hydrogen-bond acceptors (Lipinski definition) is 4. The Balaban J connectivity index is 1.88. The fourth-order valence-electron chi connectivity index (χ4n) is 3.95. The van der Waals surface area contributed by atoms with Gasteiger partial charge in [0.05, 0.1) is 18.7 Å². The van der Waals surface area contributed by atoms with Gasteiger partial charge in [-0.2, -0.15) is 0 Å². The molecule has 0 saturated carbocycles. The molecule has 1 N–H and O–H groups in total. The Bertz CT molecular complexity index is 890. The molecular weight excluding hydrogens is 354 g/mol. The fourth-order valence-corrected chi connectivity index (χ4v) is 3.95. The van der Waals surface area contributed by atoms with Gasteiger partial charge in [0.25, 0.3) is 5.91 Å². The third-order valence-electron chi connectivity index (χ3n) is 5.41. The van der Waals surface area contributed by atoms with E-state index in [2.05, 4.69) is 19.2 Å². The lowest BCUT2D eigenvalue weighted by Crippen LogP contribution is -2.32. The molecule has 3 rings (SSSR count). The topological polar surface area (TPSA) is 68.5 Å². The van der Waals surface area contributed by atoms with Crippen LogP contribution in [0.5, 0.6) is 5.75 Å². The molecule has 1 unspecified atom stereocenters. The highest BCUT2D eigenvalue weighted by atomic mass is 16.5. The zero-order valence-corrected chi connectivity index (χ0v) is 17.5. The Hall–Kier alpha value is -2.56. The van der Waals surface area contributed by atoms with Crippen molar-refractivity contribution in [3.8, 4) is 5.75 Å². The standard InChI is InChI=1S/C23H29NO4/c1-13(2)20(15-7-9-16(27-6)10-8-15)24-22(26)21-14(3)19-17(25)11-23(4,5)12-18(19)28-21/h7-10,13,20H,11-12H2,1-6H3,(H,24,26). The third kappa shape index (κ3) is 3.84. The minimum Gasteiger partial charge on any atom is -0.497 e. The van der Waals surface area contributed by atoms with Crippen molar-refractivity contribution in [2.75, 3.05) is 7.11 Å². The molecule has 2 aromatic rings. The van der Waals surface area contributed by atoms with E-state index < -0.39 is 0 Å². The Kier molecular flexibility index (Phi) is 5.37. The first-order valence-corrected chi connectivity index (χ1v) is 9.73. The van der Waals surface area contributed by atoms with Crippen LogP contribution in [0.2, 0.25) is 0 Å². The molecule has 0 saturated heterocycles. The van der Waals surface area contributed by atoms with Crippen LogP contribution in [0.15, 0.2) is 28.7 Å². The number of Topliss-reactive ketones (excluding diaryl/α,β-unsaturated/α-hetero) is 1. The molecule has 1 amide bonds. The van der Waals surface area contributed by atoms with Crippen LogP contribution in [0, 0.1) is 18.3 Å². The number of carbonyl (C=O) groups is 2. The van der Waals surface area contributed by atoms with Crippen molar-refractivity contribution in [1.82, 2.24) is 5.32 Å². The van der Waals surface area contributed by atoms with E-state index in [1.807, 2.05) is 38.1 Å². The lowest BCUT2D eigenvalue weighted by atomic mass is 9.76. The van der Waals surface area contributed by atoms with Gasteiger partial charge in [0.2, 0.25) is 0 Å². The van der Waals surface area contributed by atoms with Gasteiger partial charge in [-0.3, -0.25) is 9.59 Å². The van der Waals surface area contributed by atoms with E-state index in [0.29, 0.717) is 29.7 Å². The number of benzene rings is 1. The zero-order valence-electron chi connectivity index (χ0n) is 17.5. The SMILES string of the molecule is COc1ccc(C(NC(=O)c2oc3c(c2C)C(=O)CC(C)(C)C3)C(C)C)cc1. The van der Waals surface area contributed by atoms with E-state index in [0.717, 1.165) is 11.3 Å². The summed E-state index contributed by atoms with van der Waals surface area (Å²) < 4.78 is 11.1. The molecular formula is C23H29NO4. The summed E-state index contributed by atoms with van der Waals surface area (Å²) in [6, 6.07) is 7.50. The molecule has 0 spiro atoms. The van der Waals surface area contributed by atoms with Crippen molar-refractivity contribution in [2.45, 2.75) is 53.5 Å². The van der Waals surface area contributed by atoms with Crippen LogP contribution in [0.25, 0.3) is 0 Å². The second-order valence-electron chi connectivity index (χ2n) is 8.76. The lowest BCUT2D eigenvalue weighted by molar-refractivity contribution is 0.0876. The number of amides is 1. The van der Waals surface area contributed by atoms with Crippen LogP contribution >= 0.6 is 0 Å². The second-order valence-corrected chi connectivity index (χ2v) is 8.76. The zero-order chi connectivity index (χ0) is 20.6. The highest BCUT2D eigenvalue weighted by Gasteiger charge is 2.37. The molecule has 150 valence electrons. The Morgan fingerprint density at radius 2 is 1.82 bits per heavy atom. The van der Waals surface area contributed by atoms with E-state index in [1.54, 1.807) is 14.0 Å². The molecule has 1 heterocycles. The number of fused-ring (bicyclic) bond motifs is 1. The molecule has 1 atom stereocenters. The summed E-state index contributed by atoms with van der Waals surface area (Å²) in [6.45, 7) is 10.0. The van der Waals surface area contributed by atoms with E-state index >= 15 is 0 Å². The molecule has 1 aliphatic rings. The van der Waals surface area contributed by atoms with Crippen LogP contribution in [-0.4, -0.2) is 18.8 Å². The monoisotopic (exact) mass is 383 g/mol. The van der Waals surface area contributed by atoms with Crippen molar-refractivity contribution >= 4 is 11.7 Å². The number of carbonyl (C=O) groups excluding carboxylic acids is 2. The number of methoxy groups -OCH3 is 1. The van der Waals surface area contributed by atoms with Gasteiger partial charge < -0.3 is 14.5 Å². The van der Waals surface area contributed by atoms with Crippen LogP contribution < -0.4 is 10.1 Å². The van der Waals surface area contributed by atoms with Gasteiger partial charge in [0.1, 0.15) is 11.5 Å². The van der Waals surface area contributed by atoms with E-state index in [4.69, 9.17) is 9.15 Å². The fraction of sp³-hybridized carbons (Fsp3) is 0.478. The minimum atomic E-state index is -0.285. The van der Waals surface area contributed by atoms with Gasteiger partial charge in [-0.25, -0.2) is 0 Å². The molecule has 1 aromatic carbocycles. The van der Waals surface area contributed by atoms with Gasteiger partial charge in [-0.15, -0.1) is 0 Å². The predicted molar refractivity (Wildman–Crippen MR) is 108 cm³/mol. The smallest absolute Gasteiger partial charge is 0.287 e. The maximum absolute atomic E-state index is 13.0. The summed E-state index contributed by atoms with van der Waals surface area (Å²) in [5.41, 5.74) is 2.08. The number of ketones is 1. The predicted octanol–water partition coefficient (Wildman–Crippen LogP) is 4.88. The molecule has 5 nitrogen and oxygen atoms in total. The Morgan fingerprint density at radius 3 is 2.39 bits per heavy atom. The van der Waals surface area contributed by atoms with Crippen LogP contribution in [0.4, 0.5) is 0 Å². The molecule has 1 aliphatic carbocycles. The Labute approximate surface area is 166 Å². The maximum Gasteiger partial charge on any atom is 0.287 e. The number of furan rings is 1. The second kappa shape index (κ2) is 7.46. The van der Waals surface area contributed by atoms with Crippen molar-refractivity contribution in [1.29, 1.82) is 0 Å². The maximum atomic E-state index is 13.0. The lowest BCUT2D eigenvalue weighted by Gasteiger charge is -2.27. The summed E-state index contributed by atoms with van der Waals surface area (Å²) in [7, 11) is 1.63. The van der Waals surface area contributed by atoms with E-state index in [9.17, 15) is 9.59 Å². The van der Waals surface area contributed by atoms with Crippen molar-refractivity contribution in [3.63, 3.8) is 0 Å². The first-order valence-electron chi connectivity index (χ1n) is 9.73. The van der Waals surface area contributed by atoms with Crippen LogP contribution in [0.3, 0.4) is 0 Å². The van der Waals surface area contributed by atoms with E-state index in [1.165, 1.54) is 0 Å². The summed E-state index contributed by atoms with van der Waals surface area (Å²) in [6.07, 6.45) is 1.14. The molecule has 5 heteroatoms. The van der Waals surface area contributed by atoms with Gasteiger partial charge in [0.15, 0.2) is 11.5 Å². The molecule has 0 aliphatic heterocycles. The number of ether oxygens (including phenoxy) is 1. The molecule has 0 fully saturated rings. The number of hydrogen-bond donors (Lipinski definition) is 1. The first-order chi connectivity index (χ1) is 13.1. The van der Waals surface area contributed by atoms with E-state index in [-0.39, 0.29) is 34.8 Å². The first kappa shape index (κ1) is 20.2. The van der Waals surface area contributed by atoms with Gasteiger partial charge in [-0.05, 0) is 36.0 Å². The van der Waals surface area contributed by atoms with Crippen molar-refractivity contribution in [2.24, 2.45) is 11.3 Å². The summed E-state index contributed by atoms with van der Waals surface area (Å²) in [5, 5.41) is 3.09. The minimum absolute atomic E-state index is 0.0575. The van der Waals surface area contributed by atoms with Crippen molar-refractivity contribution in [3.05, 3.63) is 52.5 Å². The third-order valence-corrected chi connectivity index (χ3v) is 5.41. The molecule has 1 aromatic heterocycles. The quantitative estimate of drug-likeness (QED) is 0.799. The summed E-state index contributed by atoms with van der Waals surface area (Å²) in [4.78, 5) is 25.6. The molecule has 28 heavy (non-hydrogen) atoms. The average Bonchev–Trinajstić information content (AvgIpc) is 2.94. The number of nitrogens with one attached hydrogen (secondary N) is 1. The molecule has 0 bridgehead atoms. The van der Waals surface area contributed by atoms with Crippen LogP contribution in [-0.2, 0) is 6.42 Å². The van der Waals surface area contributed by atoms with Gasteiger partial charge in [-0.1, -0.05) is 39.8 Å². The van der Waals surface area contributed by atoms with Gasteiger partial charge >= 0.3 is 0 Å².